The van der Waals surface area contributed by atoms with Crippen LogP contribution < -0.4 is 14.9 Å². The SMILES string of the molecule is CCCCOC(=O)CCCCC(=O)Oc1ccc2c(=O)c(OC(=O)CCCCC(=O)OCCCC)c(-c3ccccc3)oc2c1. The van der Waals surface area contributed by atoms with E-state index in [-0.39, 0.29) is 65.9 Å². The number of benzene rings is 2. The molecule has 0 amide bonds. The first-order valence-corrected chi connectivity index (χ1v) is 15.7. The molecule has 10 nitrogen and oxygen atoms in total. The third kappa shape index (κ3) is 11.9. The molecule has 1 aromatic heterocycles. The fourth-order valence-corrected chi connectivity index (χ4v) is 4.32. The number of rotatable bonds is 19. The van der Waals surface area contributed by atoms with Crippen molar-refractivity contribution in [1.29, 1.82) is 0 Å². The molecule has 242 valence electrons. The highest BCUT2D eigenvalue weighted by Crippen LogP contribution is 2.32. The lowest BCUT2D eigenvalue weighted by Gasteiger charge is -2.11. The highest BCUT2D eigenvalue weighted by molar-refractivity contribution is 5.86. The molecule has 0 saturated carbocycles. The fourth-order valence-electron chi connectivity index (χ4n) is 4.32. The van der Waals surface area contributed by atoms with Gasteiger partial charge in [0.2, 0.25) is 11.2 Å². The van der Waals surface area contributed by atoms with Crippen LogP contribution in [0, 0.1) is 0 Å². The van der Waals surface area contributed by atoms with Crippen LogP contribution in [0.1, 0.15) is 90.9 Å². The first-order valence-electron chi connectivity index (χ1n) is 15.7. The number of hydrogen-bond acceptors (Lipinski definition) is 10. The third-order valence-corrected chi connectivity index (χ3v) is 6.85. The van der Waals surface area contributed by atoms with Crippen molar-refractivity contribution >= 4 is 34.8 Å². The summed E-state index contributed by atoms with van der Waals surface area (Å²) >= 11 is 0. The number of unbranched alkanes of at least 4 members (excludes halogenated alkanes) is 4. The lowest BCUT2D eigenvalue weighted by atomic mass is 10.1. The van der Waals surface area contributed by atoms with Gasteiger partial charge in [0.25, 0.3) is 0 Å². The van der Waals surface area contributed by atoms with E-state index in [4.69, 9.17) is 23.4 Å². The van der Waals surface area contributed by atoms with Gasteiger partial charge in [-0.1, -0.05) is 57.0 Å². The molecule has 1 heterocycles. The standard InChI is InChI=1S/C35H42O10/c1-3-5-22-41-29(36)16-10-12-18-31(38)43-26-20-21-27-28(24-26)44-34(25-14-8-7-9-15-25)35(33(27)40)45-32(39)19-13-11-17-30(37)42-23-6-4-2/h7-9,14-15,20-21,24H,3-6,10-13,16-19,22-23H2,1-2H3. The lowest BCUT2D eigenvalue weighted by Crippen LogP contribution is -2.16. The summed E-state index contributed by atoms with van der Waals surface area (Å²) in [7, 11) is 0. The molecule has 0 unspecified atom stereocenters. The minimum Gasteiger partial charge on any atom is -0.466 e. The average molecular weight is 623 g/mol. The van der Waals surface area contributed by atoms with Gasteiger partial charge in [0, 0.05) is 37.3 Å². The van der Waals surface area contributed by atoms with E-state index in [1.54, 1.807) is 30.3 Å². The second-order valence-electron chi connectivity index (χ2n) is 10.6. The number of ether oxygens (including phenoxy) is 4. The van der Waals surface area contributed by atoms with Gasteiger partial charge in [-0.05, 0) is 50.7 Å². The van der Waals surface area contributed by atoms with Gasteiger partial charge >= 0.3 is 23.9 Å². The normalized spacial score (nSPS) is 10.8. The molecule has 0 aliphatic rings. The Kier molecular flexibility index (Phi) is 14.8. The number of hydrogen-bond donors (Lipinski definition) is 0. The molecule has 45 heavy (non-hydrogen) atoms. The van der Waals surface area contributed by atoms with E-state index in [0.29, 0.717) is 44.5 Å². The molecule has 3 rings (SSSR count). The van der Waals surface area contributed by atoms with Crippen LogP contribution in [0.5, 0.6) is 11.5 Å². The van der Waals surface area contributed by atoms with Crippen LogP contribution in [0.4, 0.5) is 0 Å². The molecule has 10 heteroatoms. The first-order chi connectivity index (χ1) is 21.8. The van der Waals surface area contributed by atoms with Gasteiger partial charge in [0.05, 0.1) is 18.6 Å². The van der Waals surface area contributed by atoms with Gasteiger partial charge in [-0.25, -0.2) is 0 Å². The largest absolute Gasteiger partial charge is 0.466 e. The molecule has 0 saturated heterocycles. The molecule has 0 aliphatic heterocycles. The maximum atomic E-state index is 13.5. The Bertz CT molecular complexity index is 1480. The van der Waals surface area contributed by atoms with Gasteiger partial charge < -0.3 is 23.4 Å². The molecule has 0 fully saturated rings. The van der Waals surface area contributed by atoms with Gasteiger partial charge in [0.15, 0.2) is 5.76 Å². The Balaban J connectivity index is 1.65. The Morgan fingerprint density at radius 2 is 1.18 bits per heavy atom. The molecule has 0 aliphatic carbocycles. The molecule has 0 spiro atoms. The monoisotopic (exact) mass is 622 g/mol. The average Bonchev–Trinajstić information content (AvgIpc) is 3.03. The quantitative estimate of drug-likeness (QED) is 0.0775. The maximum Gasteiger partial charge on any atom is 0.311 e. The number of carbonyl (C=O) groups is 4. The number of esters is 4. The first kappa shape index (κ1) is 35.0. The van der Waals surface area contributed by atoms with E-state index in [1.165, 1.54) is 18.2 Å². The predicted molar refractivity (Wildman–Crippen MR) is 168 cm³/mol. The van der Waals surface area contributed by atoms with E-state index in [1.807, 2.05) is 13.8 Å². The van der Waals surface area contributed by atoms with E-state index in [2.05, 4.69) is 0 Å². The third-order valence-electron chi connectivity index (χ3n) is 6.85. The van der Waals surface area contributed by atoms with Crippen molar-refractivity contribution in [3.63, 3.8) is 0 Å². The van der Waals surface area contributed by atoms with Crippen LogP contribution in [0.3, 0.4) is 0 Å². The summed E-state index contributed by atoms with van der Waals surface area (Å²) in [6.07, 6.45) is 5.85. The minimum atomic E-state index is -0.627. The maximum absolute atomic E-state index is 13.5. The van der Waals surface area contributed by atoms with Crippen LogP contribution in [0.25, 0.3) is 22.3 Å². The summed E-state index contributed by atoms with van der Waals surface area (Å²) < 4.78 is 27.3. The van der Waals surface area contributed by atoms with E-state index < -0.39 is 17.4 Å². The fraction of sp³-hybridized carbons (Fsp3) is 0.457. The van der Waals surface area contributed by atoms with Gasteiger partial charge in [-0.2, -0.15) is 0 Å². The smallest absolute Gasteiger partial charge is 0.311 e. The summed E-state index contributed by atoms with van der Waals surface area (Å²) in [5, 5.41) is 0.147. The number of fused-ring (bicyclic) bond motifs is 1. The predicted octanol–water partition coefficient (Wildman–Crippen LogP) is 7.08. The zero-order valence-corrected chi connectivity index (χ0v) is 26.1. The van der Waals surface area contributed by atoms with Crippen molar-refractivity contribution in [2.75, 3.05) is 13.2 Å². The topological polar surface area (TPSA) is 135 Å². The molecule has 0 N–H and O–H groups in total. The minimum absolute atomic E-state index is 0.00286. The Morgan fingerprint density at radius 3 is 1.73 bits per heavy atom. The second kappa shape index (κ2) is 19.0. The van der Waals surface area contributed by atoms with Crippen LogP contribution in [-0.4, -0.2) is 37.1 Å². The summed E-state index contributed by atoms with van der Waals surface area (Å²) in [5.41, 5.74) is 0.122. The second-order valence-corrected chi connectivity index (χ2v) is 10.6. The van der Waals surface area contributed by atoms with E-state index in [0.717, 1.165) is 25.7 Å². The highest BCUT2D eigenvalue weighted by atomic mass is 16.6. The summed E-state index contributed by atoms with van der Waals surface area (Å²) in [4.78, 5) is 62.2. The van der Waals surface area contributed by atoms with Crippen LogP contribution in [0.2, 0.25) is 0 Å². The molecule has 3 aromatic rings. The molecule has 0 atom stereocenters. The molecule has 0 bridgehead atoms. The van der Waals surface area contributed by atoms with Crippen LogP contribution >= 0.6 is 0 Å². The summed E-state index contributed by atoms with van der Waals surface area (Å²) in [6, 6.07) is 13.1. The summed E-state index contributed by atoms with van der Waals surface area (Å²) in [5.74, 6) is -1.68. The number of carbonyl (C=O) groups excluding carboxylic acids is 4. The van der Waals surface area contributed by atoms with E-state index in [9.17, 15) is 24.0 Å². The molecule has 0 radical (unpaired) electrons. The van der Waals surface area contributed by atoms with Crippen LogP contribution in [-0.2, 0) is 28.7 Å². The lowest BCUT2D eigenvalue weighted by molar-refractivity contribution is -0.144. The van der Waals surface area contributed by atoms with Gasteiger partial charge in [0.1, 0.15) is 11.3 Å². The van der Waals surface area contributed by atoms with E-state index >= 15 is 0 Å². The Hall–Kier alpha value is -4.47. The van der Waals surface area contributed by atoms with Crippen molar-refractivity contribution < 1.29 is 42.5 Å². The van der Waals surface area contributed by atoms with Gasteiger partial charge in [-0.15, -0.1) is 0 Å². The Morgan fingerprint density at radius 1 is 0.644 bits per heavy atom. The molecular weight excluding hydrogens is 580 g/mol. The summed E-state index contributed by atoms with van der Waals surface area (Å²) in [6.45, 7) is 4.82. The van der Waals surface area contributed by atoms with Crippen molar-refractivity contribution in [3.8, 4) is 22.8 Å². The van der Waals surface area contributed by atoms with Crippen molar-refractivity contribution in [3.05, 3.63) is 58.8 Å². The van der Waals surface area contributed by atoms with Crippen molar-refractivity contribution in [1.82, 2.24) is 0 Å². The molecular formula is C35H42O10. The van der Waals surface area contributed by atoms with Crippen LogP contribution in [0.15, 0.2) is 57.7 Å². The van der Waals surface area contributed by atoms with Gasteiger partial charge in [-0.3, -0.25) is 24.0 Å². The zero-order valence-electron chi connectivity index (χ0n) is 26.1. The molecule has 2 aromatic carbocycles. The van der Waals surface area contributed by atoms with Crippen molar-refractivity contribution in [2.45, 2.75) is 90.9 Å². The zero-order chi connectivity index (χ0) is 32.4. The Labute approximate surface area is 263 Å². The van der Waals surface area contributed by atoms with Crippen molar-refractivity contribution in [2.24, 2.45) is 0 Å². The highest BCUT2D eigenvalue weighted by Gasteiger charge is 2.21.